The third-order valence-electron chi connectivity index (χ3n) is 3.80. The van der Waals surface area contributed by atoms with Gasteiger partial charge >= 0.3 is 0 Å². The zero-order valence-corrected chi connectivity index (χ0v) is 13.0. The van der Waals surface area contributed by atoms with Crippen molar-refractivity contribution in [3.63, 3.8) is 0 Å². The Balaban J connectivity index is 2.38. The highest BCUT2D eigenvalue weighted by atomic mass is 16.1. The molecule has 0 spiro atoms. The molecule has 1 aromatic rings. The maximum absolute atomic E-state index is 11.9. The first kappa shape index (κ1) is 16.0. The number of aliphatic imine (C=N–C) groups is 1. The highest BCUT2D eigenvalue weighted by Crippen LogP contribution is 2.26. The lowest BCUT2D eigenvalue weighted by Crippen LogP contribution is -2.30. The molecule has 1 amide bonds. The first-order valence-electron chi connectivity index (χ1n) is 7.30. The van der Waals surface area contributed by atoms with Gasteiger partial charge in [-0.1, -0.05) is 29.8 Å². The molecule has 116 valence electrons. The van der Waals surface area contributed by atoms with E-state index in [2.05, 4.69) is 16.4 Å². The number of carbonyl (C=O) groups excluding carboxylic acids is 1. The summed E-state index contributed by atoms with van der Waals surface area (Å²) in [5.74, 6) is 0.0600. The third-order valence-corrected chi connectivity index (χ3v) is 3.80. The molecule has 1 aliphatic heterocycles. The number of amidine groups is 1. The molecule has 5 N–H and O–H groups in total. The number of nitrogens with one attached hydrogen (secondary N) is 1. The number of hydrogen-bond acceptors (Lipinski definition) is 4. The average Bonchev–Trinajstić information content (AvgIpc) is 2.53. The van der Waals surface area contributed by atoms with Crippen molar-refractivity contribution in [1.82, 2.24) is 5.32 Å². The van der Waals surface area contributed by atoms with E-state index in [1.807, 2.05) is 25.1 Å². The van der Waals surface area contributed by atoms with Crippen LogP contribution in [0.5, 0.6) is 0 Å². The Morgan fingerprint density at radius 2 is 2.14 bits per heavy atom. The Morgan fingerprint density at radius 3 is 2.82 bits per heavy atom. The van der Waals surface area contributed by atoms with E-state index < -0.39 is 0 Å². The van der Waals surface area contributed by atoms with E-state index in [1.54, 1.807) is 13.2 Å². The molecule has 0 saturated heterocycles. The standard InChI is InChI=1S/C17H22N4O/c1-11-6-7-14(13-5-3-4-12(8-13)9-18)10-21-16(19)15(11)17(22)20-2/h3-5,8,10H,6-7,9,18H2,1-2H3,(H2,19,21)(H,20,22). The fourth-order valence-corrected chi connectivity index (χ4v) is 2.49. The maximum Gasteiger partial charge on any atom is 0.254 e. The van der Waals surface area contributed by atoms with E-state index in [9.17, 15) is 4.79 Å². The number of hydrogen-bond donors (Lipinski definition) is 3. The fourth-order valence-electron chi connectivity index (χ4n) is 2.49. The molecule has 5 nitrogen and oxygen atoms in total. The van der Waals surface area contributed by atoms with Gasteiger partial charge in [-0.3, -0.25) is 4.79 Å². The predicted octanol–water partition coefficient (Wildman–Crippen LogP) is 1.70. The van der Waals surface area contributed by atoms with E-state index in [4.69, 9.17) is 11.5 Å². The molecule has 0 saturated carbocycles. The summed E-state index contributed by atoms with van der Waals surface area (Å²) in [5.41, 5.74) is 16.4. The lowest BCUT2D eigenvalue weighted by Gasteiger charge is -2.15. The van der Waals surface area contributed by atoms with Crippen LogP contribution < -0.4 is 16.8 Å². The summed E-state index contributed by atoms with van der Waals surface area (Å²) in [6, 6.07) is 8.09. The first-order chi connectivity index (χ1) is 10.6. The molecule has 1 aliphatic rings. The van der Waals surface area contributed by atoms with Crippen LogP contribution in [0, 0.1) is 0 Å². The molecule has 5 heteroatoms. The van der Waals surface area contributed by atoms with Crippen molar-refractivity contribution in [2.24, 2.45) is 16.5 Å². The number of amides is 1. The monoisotopic (exact) mass is 298 g/mol. The average molecular weight is 298 g/mol. The SMILES string of the molecule is CNC(=O)C1=C(C)CCC(c2cccc(CN)c2)=CN=C1N. The lowest BCUT2D eigenvalue weighted by molar-refractivity contribution is -0.116. The largest absolute Gasteiger partial charge is 0.383 e. The number of allylic oxidation sites excluding steroid dienone is 2. The van der Waals surface area contributed by atoms with Crippen LogP contribution in [0.25, 0.3) is 5.57 Å². The predicted molar refractivity (Wildman–Crippen MR) is 89.9 cm³/mol. The molecule has 0 aromatic heterocycles. The minimum Gasteiger partial charge on any atom is -0.383 e. The van der Waals surface area contributed by atoms with E-state index in [1.165, 1.54) is 0 Å². The Bertz CT molecular complexity index is 671. The van der Waals surface area contributed by atoms with Gasteiger partial charge in [0.2, 0.25) is 0 Å². The molecule has 0 fully saturated rings. The third kappa shape index (κ3) is 3.43. The normalized spacial score (nSPS) is 15.6. The number of nitrogens with two attached hydrogens (primary N) is 2. The molecule has 0 radical (unpaired) electrons. The van der Waals surface area contributed by atoms with Gasteiger partial charge in [-0.05, 0) is 36.5 Å². The van der Waals surface area contributed by atoms with E-state index in [0.717, 1.165) is 35.1 Å². The van der Waals surface area contributed by atoms with Gasteiger partial charge in [0.25, 0.3) is 5.91 Å². The molecule has 0 unspecified atom stereocenters. The Kier molecular flexibility index (Phi) is 5.12. The van der Waals surface area contributed by atoms with Gasteiger partial charge in [0, 0.05) is 19.8 Å². The topological polar surface area (TPSA) is 93.5 Å². The van der Waals surface area contributed by atoms with Crippen molar-refractivity contribution in [1.29, 1.82) is 0 Å². The summed E-state index contributed by atoms with van der Waals surface area (Å²) in [5, 5.41) is 2.61. The second-order valence-corrected chi connectivity index (χ2v) is 5.31. The van der Waals surface area contributed by atoms with E-state index in [-0.39, 0.29) is 11.7 Å². The minimum atomic E-state index is -0.194. The zero-order chi connectivity index (χ0) is 16.1. The summed E-state index contributed by atoms with van der Waals surface area (Å²) in [7, 11) is 1.59. The molecule has 1 aromatic carbocycles. The van der Waals surface area contributed by atoms with Crippen LogP contribution >= 0.6 is 0 Å². The van der Waals surface area contributed by atoms with Crippen LogP contribution in [0.15, 0.2) is 46.6 Å². The Morgan fingerprint density at radius 1 is 1.36 bits per heavy atom. The van der Waals surface area contributed by atoms with Crippen LogP contribution in [0.2, 0.25) is 0 Å². The summed E-state index contributed by atoms with van der Waals surface area (Å²) in [6.07, 6.45) is 3.31. The number of likely N-dealkylation sites (N-methyl/N-ethyl adjacent to an activating group) is 1. The Hall–Kier alpha value is -2.40. The van der Waals surface area contributed by atoms with Crippen LogP contribution in [-0.4, -0.2) is 18.8 Å². The summed E-state index contributed by atoms with van der Waals surface area (Å²) >= 11 is 0. The molecule has 2 rings (SSSR count). The molecule has 0 aliphatic carbocycles. The minimum absolute atomic E-state index is 0.194. The smallest absolute Gasteiger partial charge is 0.254 e. The van der Waals surface area contributed by atoms with Crippen molar-refractivity contribution in [2.75, 3.05) is 7.05 Å². The van der Waals surface area contributed by atoms with Gasteiger partial charge in [0.1, 0.15) is 5.84 Å². The van der Waals surface area contributed by atoms with Crippen LogP contribution in [-0.2, 0) is 11.3 Å². The zero-order valence-electron chi connectivity index (χ0n) is 13.0. The second-order valence-electron chi connectivity index (χ2n) is 5.31. The van der Waals surface area contributed by atoms with Crippen LogP contribution in [0.4, 0.5) is 0 Å². The van der Waals surface area contributed by atoms with Crippen LogP contribution in [0.1, 0.15) is 30.9 Å². The van der Waals surface area contributed by atoms with Gasteiger partial charge in [-0.2, -0.15) is 0 Å². The molecular weight excluding hydrogens is 276 g/mol. The lowest BCUT2D eigenvalue weighted by atomic mass is 9.94. The van der Waals surface area contributed by atoms with Gasteiger partial charge in [-0.25, -0.2) is 4.99 Å². The van der Waals surface area contributed by atoms with Gasteiger partial charge in [-0.15, -0.1) is 0 Å². The molecular formula is C17H22N4O. The van der Waals surface area contributed by atoms with Crippen molar-refractivity contribution in [3.05, 3.63) is 52.7 Å². The fraction of sp³-hybridized carbons (Fsp3) is 0.294. The molecule has 0 bridgehead atoms. The summed E-state index contributed by atoms with van der Waals surface area (Å²) in [4.78, 5) is 16.2. The molecule has 1 heterocycles. The maximum atomic E-state index is 11.9. The molecule has 22 heavy (non-hydrogen) atoms. The van der Waals surface area contributed by atoms with E-state index >= 15 is 0 Å². The number of nitrogens with zero attached hydrogens (tertiary/aromatic N) is 1. The highest BCUT2D eigenvalue weighted by molar-refractivity contribution is 6.20. The quantitative estimate of drug-likeness (QED) is 0.793. The van der Waals surface area contributed by atoms with E-state index in [0.29, 0.717) is 12.1 Å². The first-order valence-corrected chi connectivity index (χ1v) is 7.30. The number of rotatable bonds is 3. The summed E-state index contributed by atoms with van der Waals surface area (Å²) in [6.45, 7) is 2.43. The second kappa shape index (κ2) is 7.04. The highest BCUT2D eigenvalue weighted by Gasteiger charge is 2.17. The van der Waals surface area contributed by atoms with Gasteiger partial charge < -0.3 is 16.8 Å². The number of carbonyl (C=O) groups is 1. The van der Waals surface area contributed by atoms with Crippen LogP contribution in [0.3, 0.4) is 0 Å². The summed E-state index contributed by atoms with van der Waals surface area (Å²) < 4.78 is 0. The van der Waals surface area contributed by atoms with Crippen molar-refractivity contribution in [2.45, 2.75) is 26.3 Å². The van der Waals surface area contributed by atoms with Gasteiger partial charge in [0.05, 0.1) is 5.57 Å². The molecule has 0 atom stereocenters. The number of benzene rings is 1. The van der Waals surface area contributed by atoms with Gasteiger partial charge in [0.15, 0.2) is 0 Å². The van der Waals surface area contributed by atoms with Crippen molar-refractivity contribution in [3.8, 4) is 0 Å². The van der Waals surface area contributed by atoms with Crippen molar-refractivity contribution >= 4 is 17.3 Å². The Labute approximate surface area is 130 Å². The van der Waals surface area contributed by atoms with Crippen molar-refractivity contribution < 1.29 is 4.79 Å².